The fourth-order valence-electron chi connectivity index (χ4n) is 1.80. The summed E-state index contributed by atoms with van der Waals surface area (Å²) in [5.41, 5.74) is 2.41. The number of benzene rings is 1. The van der Waals surface area contributed by atoms with Crippen molar-refractivity contribution in [1.82, 2.24) is 4.98 Å². The van der Waals surface area contributed by atoms with E-state index < -0.39 is 0 Å². The van der Waals surface area contributed by atoms with Gasteiger partial charge in [0.1, 0.15) is 11.6 Å². The zero-order valence-electron chi connectivity index (χ0n) is 11.4. The molecule has 1 aromatic carbocycles. The second-order valence-corrected chi connectivity index (χ2v) is 5.29. The Morgan fingerprint density at radius 3 is 2.65 bits per heavy atom. The highest BCUT2D eigenvalue weighted by Gasteiger charge is 2.07. The molecular formula is C15H16BrN3O. The van der Waals surface area contributed by atoms with E-state index in [9.17, 15) is 0 Å². The van der Waals surface area contributed by atoms with Crippen LogP contribution in [0.5, 0.6) is 5.75 Å². The van der Waals surface area contributed by atoms with E-state index in [0.717, 1.165) is 27.2 Å². The van der Waals surface area contributed by atoms with Crippen molar-refractivity contribution in [2.45, 2.75) is 13.5 Å². The Bertz CT molecular complexity index is 611. The average molecular weight is 334 g/mol. The van der Waals surface area contributed by atoms with Crippen LogP contribution in [0.2, 0.25) is 0 Å². The summed E-state index contributed by atoms with van der Waals surface area (Å²) >= 11 is 3.38. The number of aromatic nitrogens is 1. The Morgan fingerprint density at radius 1 is 1.35 bits per heavy atom. The van der Waals surface area contributed by atoms with Crippen molar-refractivity contribution in [2.24, 2.45) is 0 Å². The number of anilines is 1. The summed E-state index contributed by atoms with van der Waals surface area (Å²) in [6.45, 7) is 2.40. The number of hydrogen-bond acceptors (Lipinski definition) is 4. The molecule has 0 amide bonds. The molecule has 0 spiro atoms. The molecule has 2 aromatic rings. The van der Waals surface area contributed by atoms with Crippen molar-refractivity contribution in [1.29, 1.82) is 5.41 Å². The van der Waals surface area contributed by atoms with E-state index in [2.05, 4.69) is 26.2 Å². The molecule has 2 N–H and O–H groups in total. The fourth-order valence-corrected chi connectivity index (χ4v) is 2.13. The molecule has 104 valence electrons. The van der Waals surface area contributed by atoms with Crippen LogP contribution in [0, 0.1) is 5.41 Å². The Labute approximate surface area is 126 Å². The summed E-state index contributed by atoms with van der Waals surface area (Å²) in [4.78, 5) is 4.32. The Morgan fingerprint density at radius 2 is 2.05 bits per heavy atom. The lowest BCUT2D eigenvalue weighted by Crippen LogP contribution is -2.07. The SMILES string of the molecule is COc1ccc(CNc2ncc(Br)cc2C(C)=N)cc1. The molecule has 5 heteroatoms. The molecule has 0 aliphatic rings. The van der Waals surface area contributed by atoms with Gasteiger partial charge in [-0.25, -0.2) is 4.98 Å². The fraction of sp³-hybridized carbons (Fsp3) is 0.200. The van der Waals surface area contributed by atoms with Crippen LogP contribution in [0.25, 0.3) is 0 Å². The van der Waals surface area contributed by atoms with Gasteiger partial charge < -0.3 is 15.5 Å². The summed E-state index contributed by atoms with van der Waals surface area (Å²) in [6.07, 6.45) is 1.72. The molecule has 4 nitrogen and oxygen atoms in total. The van der Waals surface area contributed by atoms with E-state index in [1.54, 1.807) is 20.2 Å². The van der Waals surface area contributed by atoms with Gasteiger partial charge >= 0.3 is 0 Å². The van der Waals surface area contributed by atoms with Crippen molar-refractivity contribution >= 4 is 27.5 Å². The molecule has 1 aromatic heterocycles. The molecule has 0 bridgehead atoms. The maximum absolute atomic E-state index is 7.79. The van der Waals surface area contributed by atoms with E-state index >= 15 is 0 Å². The minimum Gasteiger partial charge on any atom is -0.497 e. The Hall–Kier alpha value is -1.88. The highest BCUT2D eigenvalue weighted by atomic mass is 79.9. The number of hydrogen-bond donors (Lipinski definition) is 2. The lowest BCUT2D eigenvalue weighted by Gasteiger charge is -2.11. The number of ether oxygens (including phenoxy) is 1. The molecule has 0 unspecified atom stereocenters. The molecule has 0 aliphatic heterocycles. The lowest BCUT2D eigenvalue weighted by molar-refractivity contribution is 0.414. The van der Waals surface area contributed by atoms with Crippen LogP contribution >= 0.6 is 15.9 Å². The average Bonchev–Trinajstić information content (AvgIpc) is 2.46. The van der Waals surface area contributed by atoms with Crippen molar-refractivity contribution < 1.29 is 4.74 Å². The monoisotopic (exact) mass is 333 g/mol. The highest BCUT2D eigenvalue weighted by Crippen LogP contribution is 2.19. The van der Waals surface area contributed by atoms with Crippen molar-refractivity contribution in [3.63, 3.8) is 0 Å². The van der Waals surface area contributed by atoms with Gasteiger partial charge in [0.2, 0.25) is 0 Å². The van der Waals surface area contributed by atoms with Crippen molar-refractivity contribution in [2.75, 3.05) is 12.4 Å². The molecular weight excluding hydrogens is 318 g/mol. The lowest BCUT2D eigenvalue weighted by atomic mass is 10.1. The standard InChI is InChI=1S/C15H16BrN3O/c1-10(17)14-7-12(16)9-19-15(14)18-8-11-3-5-13(20-2)6-4-11/h3-7,9,17H,8H2,1-2H3,(H,18,19). The smallest absolute Gasteiger partial charge is 0.135 e. The van der Waals surface area contributed by atoms with Crippen molar-refractivity contribution in [3.8, 4) is 5.75 Å². The Kier molecular flexibility index (Phi) is 4.74. The quantitative estimate of drug-likeness (QED) is 0.817. The molecule has 0 fully saturated rings. The maximum atomic E-state index is 7.79. The van der Waals surface area contributed by atoms with Gasteiger partial charge in [0, 0.05) is 28.5 Å². The van der Waals surface area contributed by atoms with Crippen LogP contribution in [-0.2, 0) is 6.54 Å². The topological polar surface area (TPSA) is 58.0 Å². The van der Waals surface area contributed by atoms with Gasteiger partial charge in [0.05, 0.1) is 7.11 Å². The first-order valence-corrected chi connectivity index (χ1v) is 6.97. The van der Waals surface area contributed by atoms with Gasteiger partial charge in [0.15, 0.2) is 0 Å². The van der Waals surface area contributed by atoms with Crippen LogP contribution < -0.4 is 10.1 Å². The normalized spacial score (nSPS) is 10.2. The van der Waals surface area contributed by atoms with E-state index in [-0.39, 0.29) is 0 Å². The number of pyridine rings is 1. The molecule has 2 rings (SSSR count). The zero-order valence-corrected chi connectivity index (χ0v) is 13.0. The number of methoxy groups -OCH3 is 1. The van der Waals surface area contributed by atoms with Crippen LogP contribution in [0.15, 0.2) is 41.0 Å². The molecule has 1 heterocycles. The number of halogens is 1. The van der Waals surface area contributed by atoms with Crippen LogP contribution in [0.3, 0.4) is 0 Å². The number of nitrogens with zero attached hydrogens (tertiary/aromatic N) is 1. The first-order chi connectivity index (χ1) is 9.60. The molecule has 20 heavy (non-hydrogen) atoms. The van der Waals surface area contributed by atoms with Crippen LogP contribution in [-0.4, -0.2) is 17.8 Å². The largest absolute Gasteiger partial charge is 0.497 e. The summed E-state index contributed by atoms with van der Waals surface area (Å²) in [5.74, 6) is 1.56. The summed E-state index contributed by atoms with van der Waals surface area (Å²) < 4.78 is 6.00. The molecule has 0 atom stereocenters. The second kappa shape index (κ2) is 6.52. The van der Waals surface area contributed by atoms with Gasteiger partial charge in [-0.05, 0) is 46.6 Å². The van der Waals surface area contributed by atoms with Gasteiger partial charge in [-0.1, -0.05) is 12.1 Å². The van der Waals surface area contributed by atoms with E-state index in [0.29, 0.717) is 12.3 Å². The van der Waals surface area contributed by atoms with Gasteiger partial charge in [-0.2, -0.15) is 0 Å². The molecule has 0 aliphatic carbocycles. The zero-order chi connectivity index (χ0) is 14.5. The predicted octanol–water partition coefficient (Wildman–Crippen LogP) is 3.85. The minimum atomic E-state index is 0.482. The van der Waals surface area contributed by atoms with Crippen molar-refractivity contribution in [3.05, 3.63) is 52.1 Å². The highest BCUT2D eigenvalue weighted by molar-refractivity contribution is 9.10. The van der Waals surface area contributed by atoms with E-state index in [1.807, 2.05) is 30.3 Å². The third kappa shape index (κ3) is 3.57. The molecule has 0 radical (unpaired) electrons. The van der Waals surface area contributed by atoms with Crippen LogP contribution in [0.1, 0.15) is 18.1 Å². The van der Waals surface area contributed by atoms with E-state index in [4.69, 9.17) is 10.1 Å². The van der Waals surface area contributed by atoms with Gasteiger partial charge in [0.25, 0.3) is 0 Å². The first-order valence-electron chi connectivity index (χ1n) is 6.18. The molecule has 0 saturated carbocycles. The maximum Gasteiger partial charge on any atom is 0.135 e. The second-order valence-electron chi connectivity index (χ2n) is 4.38. The molecule has 0 saturated heterocycles. The first kappa shape index (κ1) is 14.5. The third-order valence-corrected chi connectivity index (χ3v) is 3.31. The number of nitrogens with one attached hydrogen (secondary N) is 2. The Balaban J connectivity index is 2.12. The predicted molar refractivity (Wildman–Crippen MR) is 84.8 cm³/mol. The van der Waals surface area contributed by atoms with E-state index in [1.165, 1.54) is 0 Å². The van der Waals surface area contributed by atoms with Gasteiger partial charge in [-0.3, -0.25) is 0 Å². The number of rotatable bonds is 5. The summed E-state index contributed by atoms with van der Waals surface area (Å²) in [7, 11) is 1.65. The van der Waals surface area contributed by atoms with Crippen LogP contribution in [0.4, 0.5) is 5.82 Å². The summed E-state index contributed by atoms with van der Waals surface area (Å²) in [6, 6.07) is 9.75. The summed E-state index contributed by atoms with van der Waals surface area (Å²) in [5, 5.41) is 11.1. The van der Waals surface area contributed by atoms with Gasteiger partial charge in [-0.15, -0.1) is 0 Å². The minimum absolute atomic E-state index is 0.482. The third-order valence-electron chi connectivity index (χ3n) is 2.88.